The normalized spacial score (nSPS) is 20.2. The second-order valence-electron chi connectivity index (χ2n) is 7.68. The van der Waals surface area contributed by atoms with Gasteiger partial charge in [0.1, 0.15) is 17.7 Å². The van der Waals surface area contributed by atoms with Crippen LogP contribution in [0.5, 0.6) is 0 Å². The number of H-pyrrole nitrogens is 1. The first-order valence-electron chi connectivity index (χ1n) is 10.2. The molecule has 5 rings (SSSR count). The van der Waals surface area contributed by atoms with Crippen LogP contribution in [0.4, 0.5) is 17.6 Å². The van der Waals surface area contributed by atoms with Gasteiger partial charge in [-0.3, -0.25) is 0 Å². The van der Waals surface area contributed by atoms with Crippen LogP contribution in [0.1, 0.15) is 18.5 Å². The van der Waals surface area contributed by atoms with Crippen LogP contribution in [0.25, 0.3) is 11.0 Å². The minimum atomic E-state index is 0.303. The van der Waals surface area contributed by atoms with Gasteiger partial charge in [0.05, 0.1) is 18.7 Å². The molecule has 0 bridgehead atoms. The molecule has 2 aliphatic heterocycles. The summed E-state index contributed by atoms with van der Waals surface area (Å²) < 4.78 is 5.43. The Morgan fingerprint density at radius 3 is 2.93 bits per heavy atom. The minimum Gasteiger partial charge on any atom is -0.378 e. The van der Waals surface area contributed by atoms with Crippen molar-refractivity contribution in [1.29, 1.82) is 0 Å². The highest BCUT2D eigenvalue weighted by molar-refractivity contribution is 5.86. The SMILES string of the molecule is Cc1cc2ncnc(N3CCCC(Nc4ccnc(N5CCOCC5)n4)C3)c2[nH]1. The van der Waals surface area contributed by atoms with Gasteiger partial charge in [0.2, 0.25) is 5.95 Å². The third kappa shape index (κ3) is 3.82. The second kappa shape index (κ2) is 7.82. The lowest BCUT2D eigenvalue weighted by Crippen LogP contribution is -2.43. The minimum absolute atomic E-state index is 0.303. The molecule has 0 radical (unpaired) electrons. The highest BCUT2D eigenvalue weighted by atomic mass is 16.5. The number of fused-ring (bicyclic) bond motifs is 1. The number of piperidine rings is 1. The zero-order chi connectivity index (χ0) is 19.6. The molecule has 2 fully saturated rings. The Morgan fingerprint density at radius 2 is 2.03 bits per heavy atom. The number of aromatic amines is 1. The van der Waals surface area contributed by atoms with Gasteiger partial charge in [0.25, 0.3) is 0 Å². The summed E-state index contributed by atoms with van der Waals surface area (Å²) in [7, 11) is 0. The van der Waals surface area contributed by atoms with E-state index >= 15 is 0 Å². The van der Waals surface area contributed by atoms with Crippen molar-refractivity contribution in [2.45, 2.75) is 25.8 Å². The summed E-state index contributed by atoms with van der Waals surface area (Å²) in [5.41, 5.74) is 3.08. The van der Waals surface area contributed by atoms with Crippen LogP contribution in [0.15, 0.2) is 24.7 Å². The molecule has 0 saturated carbocycles. The number of morpholine rings is 1. The maximum Gasteiger partial charge on any atom is 0.227 e. The second-order valence-corrected chi connectivity index (χ2v) is 7.68. The number of hydrogen-bond acceptors (Lipinski definition) is 8. The highest BCUT2D eigenvalue weighted by Gasteiger charge is 2.24. The fraction of sp³-hybridized carbons (Fsp3) is 0.500. The molecule has 0 aromatic carbocycles. The lowest BCUT2D eigenvalue weighted by atomic mass is 10.1. The molecular weight excluding hydrogens is 368 g/mol. The third-order valence-corrected chi connectivity index (χ3v) is 5.54. The van der Waals surface area contributed by atoms with Gasteiger partial charge in [-0.05, 0) is 31.9 Å². The molecular formula is C20H26N8O. The van der Waals surface area contributed by atoms with Crippen molar-refractivity contribution in [2.24, 2.45) is 0 Å². The van der Waals surface area contributed by atoms with E-state index < -0.39 is 0 Å². The fourth-order valence-electron chi connectivity index (χ4n) is 4.14. The number of hydrogen-bond donors (Lipinski definition) is 2. The van der Waals surface area contributed by atoms with Gasteiger partial charge < -0.3 is 24.8 Å². The van der Waals surface area contributed by atoms with Gasteiger partial charge >= 0.3 is 0 Å². The van der Waals surface area contributed by atoms with Crippen LogP contribution >= 0.6 is 0 Å². The van der Waals surface area contributed by atoms with E-state index in [0.717, 1.165) is 86.5 Å². The van der Waals surface area contributed by atoms with E-state index in [2.05, 4.69) is 41.1 Å². The Bertz CT molecular complexity index is 984. The molecule has 1 unspecified atom stereocenters. The molecule has 3 aromatic rings. The van der Waals surface area contributed by atoms with Crippen LogP contribution < -0.4 is 15.1 Å². The van der Waals surface area contributed by atoms with Crippen LogP contribution in [0.3, 0.4) is 0 Å². The van der Waals surface area contributed by atoms with E-state index in [0.29, 0.717) is 6.04 Å². The fourth-order valence-corrected chi connectivity index (χ4v) is 4.14. The topological polar surface area (TPSA) is 95.1 Å². The van der Waals surface area contributed by atoms with E-state index in [9.17, 15) is 0 Å². The Morgan fingerprint density at radius 1 is 1.14 bits per heavy atom. The van der Waals surface area contributed by atoms with Gasteiger partial charge in [-0.1, -0.05) is 0 Å². The maximum absolute atomic E-state index is 5.43. The first-order valence-corrected chi connectivity index (χ1v) is 10.2. The number of anilines is 3. The highest BCUT2D eigenvalue weighted by Crippen LogP contribution is 2.26. The molecule has 3 aromatic heterocycles. The van der Waals surface area contributed by atoms with Crippen molar-refractivity contribution in [2.75, 3.05) is 54.5 Å². The summed E-state index contributed by atoms with van der Waals surface area (Å²) in [5, 5.41) is 3.61. The number of nitrogens with one attached hydrogen (secondary N) is 2. The molecule has 5 heterocycles. The van der Waals surface area contributed by atoms with Crippen LogP contribution in [-0.2, 0) is 4.74 Å². The Hall–Kier alpha value is -2.94. The van der Waals surface area contributed by atoms with Gasteiger partial charge in [-0.2, -0.15) is 4.98 Å². The lowest BCUT2D eigenvalue weighted by Gasteiger charge is -2.34. The number of ether oxygens (including phenoxy) is 1. The zero-order valence-corrected chi connectivity index (χ0v) is 16.6. The molecule has 9 nitrogen and oxygen atoms in total. The summed E-state index contributed by atoms with van der Waals surface area (Å²) in [5.74, 6) is 2.62. The van der Waals surface area contributed by atoms with Crippen LogP contribution in [0, 0.1) is 6.92 Å². The number of nitrogens with zero attached hydrogens (tertiary/aromatic N) is 6. The largest absolute Gasteiger partial charge is 0.378 e. The smallest absolute Gasteiger partial charge is 0.227 e. The monoisotopic (exact) mass is 394 g/mol. The average molecular weight is 394 g/mol. The molecule has 0 spiro atoms. The molecule has 29 heavy (non-hydrogen) atoms. The summed E-state index contributed by atoms with van der Waals surface area (Å²) in [6.07, 6.45) is 5.69. The van der Waals surface area contributed by atoms with Crippen molar-refractivity contribution >= 4 is 28.6 Å². The molecule has 9 heteroatoms. The predicted molar refractivity (Wildman–Crippen MR) is 113 cm³/mol. The van der Waals surface area contributed by atoms with E-state index in [1.165, 1.54) is 0 Å². The Balaban J connectivity index is 1.31. The summed E-state index contributed by atoms with van der Waals surface area (Å²) in [6.45, 7) is 7.04. The summed E-state index contributed by atoms with van der Waals surface area (Å²) in [6, 6.07) is 4.31. The van der Waals surface area contributed by atoms with Crippen molar-refractivity contribution in [3.8, 4) is 0 Å². The van der Waals surface area contributed by atoms with Gasteiger partial charge in [-0.25, -0.2) is 15.0 Å². The van der Waals surface area contributed by atoms with E-state index in [1.807, 2.05) is 19.2 Å². The van der Waals surface area contributed by atoms with E-state index in [4.69, 9.17) is 9.72 Å². The lowest BCUT2D eigenvalue weighted by molar-refractivity contribution is 0.122. The number of aryl methyl sites for hydroxylation is 1. The summed E-state index contributed by atoms with van der Waals surface area (Å²) >= 11 is 0. The quantitative estimate of drug-likeness (QED) is 0.694. The van der Waals surface area contributed by atoms with Gasteiger partial charge in [0, 0.05) is 44.1 Å². The maximum atomic E-state index is 5.43. The zero-order valence-electron chi connectivity index (χ0n) is 16.6. The van der Waals surface area contributed by atoms with Crippen molar-refractivity contribution in [1.82, 2.24) is 24.9 Å². The van der Waals surface area contributed by atoms with Crippen molar-refractivity contribution in [3.63, 3.8) is 0 Å². The molecule has 152 valence electrons. The molecule has 0 amide bonds. The Labute approximate surface area is 169 Å². The third-order valence-electron chi connectivity index (χ3n) is 5.54. The van der Waals surface area contributed by atoms with Crippen LogP contribution in [-0.4, -0.2) is 70.4 Å². The molecule has 0 aliphatic carbocycles. The molecule has 2 saturated heterocycles. The molecule has 2 N–H and O–H groups in total. The predicted octanol–water partition coefficient (Wildman–Crippen LogP) is 1.97. The first-order chi connectivity index (χ1) is 14.3. The van der Waals surface area contributed by atoms with Crippen LogP contribution in [0.2, 0.25) is 0 Å². The number of aromatic nitrogens is 5. The van der Waals surface area contributed by atoms with Gasteiger partial charge in [0.15, 0.2) is 5.82 Å². The Kier molecular flexibility index (Phi) is 4.89. The average Bonchev–Trinajstić information content (AvgIpc) is 3.15. The van der Waals surface area contributed by atoms with Crippen molar-refractivity contribution in [3.05, 3.63) is 30.4 Å². The molecule has 2 aliphatic rings. The number of rotatable bonds is 4. The van der Waals surface area contributed by atoms with Gasteiger partial charge in [-0.15, -0.1) is 0 Å². The molecule has 1 atom stereocenters. The van der Waals surface area contributed by atoms with E-state index in [1.54, 1.807) is 6.33 Å². The van der Waals surface area contributed by atoms with E-state index in [-0.39, 0.29) is 0 Å². The first kappa shape index (κ1) is 18.1. The van der Waals surface area contributed by atoms with Crippen molar-refractivity contribution < 1.29 is 4.74 Å². The summed E-state index contributed by atoms with van der Waals surface area (Å²) in [4.78, 5) is 26.1. The standard InChI is InChI=1S/C20H26N8O/c1-14-11-16-18(24-14)19(23-13-22-16)28-6-2-3-15(12-28)25-17-4-5-21-20(26-17)27-7-9-29-10-8-27/h4-5,11,13,15,24H,2-3,6-10,12H2,1H3,(H,21,25,26).